The Hall–Kier alpha value is -2.90. The molecule has 2 atom stereocenters. The van der Waals surface area contributed by atoms with Crippen molar-refractivity contribution in [1.29, 1.82) is 0 Å². The minimum absolute atomic E-state index is 0.252. The maximum atomic E-state index is 13.1. The molecule has 9 heteroatoms. The van der Waals surface area contributed by atoms with E-state index in [4.69, 9.17) is 23.2 Å². The van der Waals surface area contributed by atoms with Gasteiger partial charge in [0, 0.05) is 11.9 Å². The van der Waals surface area contributed by atoms with E-state index in [1.807, 2.05) is 6.07 Å². The molecule has 3 aromatic rings. The van der Waals surface area contributed by atoms with Crippen LogP contribution in [-0.4, -0.2) is 25.7 Å². The summed E-state index contributed by atoms with van der Waals surface area (Å²) in [6, 6.07) is 8.25. The molecule has 2 N–H and O–H groups in total. The van der Waals surface area contributed by atoms with Gasteiger partial charge in [-0.25, -0.2) is 4.68 Å². The smallest absolute Gasteiger partial charge is 0.236 e. The molecular formula is C18H14Cl2N6O. The zero-order valence-electron chi connectivity index (χ0n) is 13.9. The van der Waals surface area contributed by atoms with Gasteiger partial charge in [-0.2, -0.15) is 10.1 Å². The summed E-state index contributed by atoms with van der Waals surface area (Å²) in [5, 5.41) is 11.0. The van der Waals surface area contributed by atoms with Crippen molar-refractivity contribution < 1.29 is 4.79 Å². The number of pyridine rings is 1. The molecular weight excluding hydrogens is 387 g/mol. The number of carbonyl (C=O) groups is 1. The maximum absolute atomic E-state index is 13.1. The molecule has 2 unspecified atom stereocenters. The van der Waals surface area contributed by atoms with Crippen molar-refractivity contribution in [1.82, 2.24) is 19.7 Å². The van der Waals surface area contributed by atoms with Crippen molar-refractivity contribution in [3.8, 4) is 0 Å². The van der Waals surface area contributed by atoms with Gasteiger partial charge in [-0.3, -0.25) is 9.78 Å². The Kier molecular flexibility index (Phi) is 4.55. The van der Waals surface area contributed by atoms with E-state index in [0.29, 0.717) is 27.4 Å². The van der Waals surface area contributed by atoms with Crippen LogP contribution < -0.4 is 10.6 Å². The minimum atomic E-state index is -0.656. The number of anilines is 2. The molecule has 0 spiro atoms. The maximum Gasteiger partial charge on any atom is 0.236 e. The third-order valence-electron chi connectivity index (χ3n) is 4.30. The van der Waals surface area contributed by atoms with E-state index in [-0.39, 0.29) is 5.91 Å². The number of benzene rings is 1. The Balaban J connectivity index is 1.76. The lowest BCUT2D eigenvalue weighted by Crippen LogP contribution is -2.39. The number of hydrogen-bond acceptors (Lipinski definition) is 5. The molecule has 136 valence electrons. The molecule has 1 aliphatic rings. The first-order chi connectivity index (χ1) is 13.0. The fourth-order valence-electron chi connectivity index (χ4n) is 3.08. The van der Waals surface area contributed by atoms with Gasteiger partial charge in [0.05, 0.1) is 28.0 Å². The third kappa shape index (κ3) is 3.27. The molecule has 0 fully saturated rings. The molecule has 1 aliphatic heterocycles. The van der Waals surface area contributed by atoms with Gasteiger partial charge in [-0.15, -0.1) is 0 Å². The normalized spacial score (nSPS) is 18.5. The molecule has 4 rings (SSSR count). The molecule has 1 amide bonds. The van der Waals surface area contributed by atoms with Crippen LogP contribution in [0, 0.1) is 5.92 Å². The number of aromatic nitrogens is 4. The van der Waals surface area contributed by atoms with E-state index in [9.17, 15) is 4.79 Å². The van der Waals surface area contributed by atoms with E-state index < -0.39 is 12.0 Å². The largest absolute Gasteiger partial charge is 0.328 e. The molecule has 3 heterocycles. The van der Waals surface area contributed by atoms with Gasteiger partial charge in [0.2, 0.25) is 11.9 Å². The van der Waals surface area contributed by atoms with Crippen molar-refractivity contribution >= 4 is 40.7 Å². The second-order valence-corrected chi connectivity index (χ2v) is 6.82. The van der Waals surface area contributed by atoms with Crippen molar-refractivity contribution in [2.75, 3.05) is 10.6 Å². The van der Waals surface area contributed by atoms with Crippen LogP contribution in [0.15, 0.2) is 61.3 Å². The second-order valence-electron chi connectivity index (χ2n) is 6.01. The summed E-state index contributed by atoms with van der Waals surface area (Å²) in [5.41, 5.74) is 1.87. The highest BCUT2D eigenvalue weighted by molar-refractivity contribution is 6.42. The van der Waals surface area contributed by atoms with Gasteiger partial charge in [0.15, 0.2) is 0 Å². The number of hydrogen-bond donors (Lipinski definition) is 2. The number of nitrogens with zero attached hydrogens (tertiary/aromatic N) is 4. The van der Waals surface area contributed by atoms with E-state index in [0.717, 1.165) is 5.56 Å². The molecule has 27 heavy (non-hydrogen) atoms. The van der Waals surface area contributed by atoms with E-state index in [1.54, 1.807) is 41.3 Å². The second kappa shape index (κ2) is 7.02. The van der Waals surface area contributed by atoms with Crippen molar-refractivity contribution in [2.45, 2.75) is 6.04 Å². The number of fused-ring (bicyclic) bond motifs is 1. The standard InChI is InChI=1S/C18H14Cl2N6O/c1-10-15(17(27)25-12-3-2-6-21-8-12)16(26-18(24-10)22-9-23-26)11-4-5-13(19)14(20)7-11/h2-9,15-16H,1H2,(H,25,27)(H,22,23,24). The third-order valence-corrected chi connectivity index (χ3v) is 5.04. The fraction of sp³-hybridized carbons (Fsp3) is 0.111. The van der Waals surface area contributed by atoms with Gasteiger partial charge in [-0.05, 0) is 29.8 Å². The summed E-state index contributed by atoms with van der Waals surface area (Å²) in [5.74, 6) is -0.407. The fourth-order valence-corrected chi connectivity index (χ4v) is 3.39. The first-order valence-corrected chi connectivity index (χ1v) is 8.81. The number of rotatable bonds is 3. The first-order valence-electron chi connectivity index (χ1n) is 8.06. The quantitative estimate of drug-likeness (QED) is 0.698. The van der Waals surface area contributed by atoms with Gasteiger partial charge in [-0.1, -0.05) is 35.8 Å². The van der Waals surface area contributed by atoms with Crippen molar-refractivity contribution in [3.63, 3.8) is 0 Å². The summed E-state index contributed by atoms with van der Waals surface area (Å²) in [7, 11) is 0. The topological polar surface area (TPSA) is 84.7 Å². The van der Waals surface area contributed by atoms with Crippen molar-refractivity contribution in [3.05, 3.63) is 76.9 Å². The predicted molar refractivity (Wildman–Crippen MR) is 104 cm³/mol. The van der Waals surface area contributed by atoms with Crippen LogP contribution in [0.5, 0.6) is 0 Å². The highest BCUT2D eigenvalue weighted by Gasteiger charge is 2.39. The highest BCUT2D eigenvalue weighted by Crippen LogP contribution is 2.39. The lowest BCUT2D eigenvalue weighted by atomic mass is 9.88. The molecule has 7 nitrogen and oxygen atoms in total. The predicted octanol–water partition coefficient (Wildman–Crippen LogP) is 3.76. The van der Waals surface area contributed by atoms with Crippen LogP contribution in [0.1, 0.15) is 11.6 Å². The zero-order chi connectivity index (χ0) is 19.0. The van der Waals surface area contributed by atoms with Crippen LogP contribution in [0.4, 0.5) is 11.6 Å². The van der Waals surface area contributed by atoms with Gasteiger partial charge in [0.1, 0.15) is 12.2 Å². The van der Waals surface area contributed by atoms with Gasteiger partial charge < -0.3 is 10.6 Å². The van der Waals surface area contributed by atoms with Crippen LogP contribution in [-0.2, 0) is 4.79 Å². The molecule has 0 aliphatic carbocycles. The highest BCUT2D eigenvalue weighted by atomic mass is 35.5. The van der Waals surface area contributed by atoms with E-state index in [2.05, 4.69) is 32.3 Å². The number of amides is 1. The molecule has 0 saturated carbocycles. The van der Waals surface area contributed by atoms with E-state index >= 15 is 0 Å². The monoisotopic (exact) mass is 400 g/mol. The number of halogens is 2. The number of nitrogens with one attached hydrogen (secondary N) is 2. The van der Waals surface area contributed by atoms with Crippen LogP contribution in [0.25, 0.3) is 0 Å². The molecule has 0 bridgehead atoms. The summed E-state index contributed by atoms with van der Waals surface area (Å²) in [6.07, 6.45) is 4.63. The molecule has 1 aromatic carbocycles. The lowest BCUT2D eigenvalue weighted by Gasteiger charge is -2.33. The summed E-state index contributed by atoms with van der Waals surface area (Å²) >= 11 is 12.3. The lowest BCUT2D eigenvalue weighted by molar-refractivity contribution is -0.119. The minimum Gasteiger partial charge on any atom is -0.328 e. The summed E-state index contributed by atoms with van der Waals surface area (Å²) < 4.78 is 1.64. The number of carbonyl (C=O) groups excluding carboxylic acids is 1. The average Bonchev–Trinajstić information content (AvgIpc) is 3.11. The molecule has 0 radical (unpaired) electrons. The Bertz CT molecular complexity index is 1020. The van der Waals surface area contributed by atoms with Gasteiger partial charge >= 0.3 is 0 Å². The first kappa shape index (κ1) is 17.5. The summed E-state index contributed by atoms with van der Waals surface area (Å²) in [4.78, 5) is 21.3. The van der Waals surface area contributed by atoms with Crippen LogP contribution in [0.2, 0.25) is 10.0 Å². The average molecular weight is 401 g/mol. The molecule has 2 aromatic heterocycles. The van der Waals surface area contributed by atoms with E-state index in [1.165, 1.54) is 6.33 Å². The Morgan fingerprint density at radius 3 is 2.85 bits per heavy atom. The Morgan fingerprint density at radius 2 is 2.11 bits per heavy atom. The van der Waals surface area contributed by atoms with Gasteiger partial charge in [0.25, 0.3) is 0 Å². The van der Waals surface area contributed by atoms with Crippen LogP contribution in [0.3, 0.4) is 0 Å². The Morgan fingerprint density at radius 1 is 1.26 bits per heavy atom. The molecule has 0 saturated heterocycles. The summed E-state index contributed by atoms with van der Waals surface area (Å²) in [6.45, 7) is 4.02. The Labute approximate surface area is 165 Å². The zero-order valence-corrected chi connectivity index (χ0v) is 15.4. The van der Waals surface area contributed by atoms with Crippen molar-refractivity contribution in [2.24, 2.45) is 5.92 Å². The van der Waals surface area contributed by atoms with Crippen LogP contribution >= 0.6 is 23.2 Å². The SMILES string of the molecule is C=C1Nc2ncnn2C(c2ccc(Cl)c(Cl)c2)C1C(=O)Nc1cccnc1.